The first-order chi connectivity index (χ1) is 9.06. The monoisotopic (exact) mass is 281 g/mol. The molecule has 1 atom stereocenters. The highest BCUT2D eigenvalue weighted by molar-refractivity contribution is 6.31. The van der Waals surface area contributed by atoms with Gasteiger partial charge in [-0.05, 0) is 36.9 Å². The van der Waals surface area contributed by atoms with Crippen LogP contribution < -0.4 is 10.2 Å². The van der Waals surface area contributed by atoms with Crippen LogP contribution in [0, 0.1) is 11.8 Å². The van der Waals surface area contributed by atoms with E-state index in [2.05, 4.69) is 31.0 Å². The van der Waals surface area contributed by atoms with Crippen LogP contribution in [0.15, 0.2) is 12.1 Å². The van der Waals surface area contributed by atoms with Crippen molar-refractivity contribution in [2.75, 3.05) is 24.5 Å². The van der Waals surface area contributed by atoms with Gasteiger partial charge in [0.25, 0.3) is 0 Å². The van der Waals surface area contributed by atoms with Gasteiger partial charge >= 0.3 is 0 Å². The van der Waals surface area contributed by atoms with E-state index in [-0.39, 0.29) is 0 Å². The molecule has 0 spiro atoms. The molecule has 1 N–H and O–H groups in total. The van der Waals surface area contributed by atoms with Crippen molar-refractivity contribution in [3.8, 4) is 0 Å². The Morgan fingerprint density at radius 3 is 2.89 bits per heavy atom. The van der Waals surface area contributed by atoms with Crippen molar-refractivity contribution in [2.24, 2.45) is 11.8 Å². The summed E-state index contributed by atoms with van der Waals surface area (Å²) in [6.45, 7) is 10.6. The third kappa shape index (κ3) is 4.08. The lowest BCUT2D eigenvalue weighted by molar-refractivity contribution is 0.548. The van der Waals surface area contributed by atoms with E-state index in [0.717, 1.165) is 48.6 Å². The van der Waals surface area contributed by atoms with E-state index in [1.165, 1.54) is 6.42 Å². The van der Waals surface area contributed by atoms with Gasteiger partial charge in [-0.2, -0.15) is 0 Å². The minimum Gasteiger partial charge on any atom is -0.356 e. The zero-order valence-corrected chi connectivity index (χ0v) is 12.9. The van der Waals surface area contributed by atoms with Crippen molar-refractivity contribution >= 4 is 17.4 Å². The molecule has 1 unspecified atom stereocenters. The van der Waals surface area contributed by atoms with Crippen LogP contribution in [0.1, 0.15) is 32.9 Å². The smallest absolute Gasteiger partial charge is 0.128 e. The molecule has 4 heteroatoms. The Morgan fingerprint density at radius 1 is 1.47 bits per heavy atom. The lowest BCUT2D eigenvalue weighted by Gasteiger charge is -2.18. The second kappa shape index (κ2) is 6.58. The normalized spacial score (nSPS) is 19.4. The molecule has 106 valence electrons. The molecule has 0 aliphatic carbocycles. The highest BCUT2D eigenvalue weighted by atomic mass is 35.5. The van der Waals surface area contributed by atoms with E-state index in [4.69, 9.17) is 16.6 Å². The van der Waals surface area contributed by atoms with Gasteiger partial charge in [0.1, 0.15) is 5.82 Å². The maximum atomic E-state index is 6.23. The van der Waals surface area contributed by atoms with Gasteiger partial charge in [0.2, 0.25) is 0 Å². The molecule has 1 aliphatic rings. The van der Waals surface area contributed by atoms with Gasteiger partial charge in [0.05, 0.1) is 10.7 Å². The minimum atomic E-state index is 0.640. The second-order valence-electron chi connectivity index (χ2n) is 5.96. The summed E-state index contributed by atoms with van der Waals surface area (Å²) in [5.41, 5.74) is 0.958. The van der Waals surface area contributed by atoms with Crippen LogP contribution in [-0.4, -0.2) is 24.6 Å². The number of halogens is 1. The van der Waals surface area contributed by atoms with Gasteiger partial charge in [0, 0.05) is 19.6 Å². The van der Waals surface area contributed by atoms with E-state index >= 15 is 0 Å². The summed E-state index contributed by atoms with van der Waals surface area (Å²) in [5, 5.41) is 4.16. The summed E-state index contributed by atoms with van der Waals surface area (Å²) in [7, 11) is 0. The molecule has 1 saturated heterocycles. The first kappa shape index (κ1) is 14.6. The maximum absolute atomic E-state index is 6.23. The fourth-order valence-electron chi connectivity index (χ4n) is 2.40. The predicted octanol–water partition coefficient (Wildman–Crippen LogP) is 3.33. The van der Waals surface area contributed by atoms with E-state index < -0.39 is 0 Å². The Morgan fingerprint density at radius 2 is 2.26 bits per heavy atom. The third-order valence-corrected chi connectivity index (χ3v) is 3.84. The van der Waals surface area contributed by atoms with Crippen molar-refractivity contribution in [3.05, 3.63) is 22.8 Å². The molecule has 1 aliphatic heterocycles. The Kier molecular flexibility index (Phi) is 5.06. The van der Waals surface area contributed by atoms with E-state index in [0.29, 0.717) is 5.92 Å². The molecule has 3 nitrogen and oxygen atoms in total. The number of hydrogen-bond acceptors (Lipinski definition) is 3. The average molecular weight is 282 g/mol. The molecule has 1 fully saturated rings. The third-order valence-electron chi connectivity index (χ3n) is 3.50. The van der Waals surface area contributed by atoms with E-state index in [1.54, 1.807) is 0 Å². The zero-order chi connectivity index (χ0) is 13.8. The highest BCUT2D eigenvalue weighted by Gasteiger charge is 2.20. The Bertz CT molecular complexity index is 420. The van der Waals surface area contributed by atoms with Crippen molar-refractivity contribution in [2.45, 2.75) is 33.7 Å². The molecule has 0 radical (unpaired) electrons. The topological polar surface area (TPSA) is 28.2 Å². The largest absolute Gasteiger partial charge is 0.356 e. The summed E-state index contributed by atoms with van der Waals surface area (Å²) in [6, 6.07) is 4.01. The fourth-order valence-corrected chi connectivity index (χ4v) is 2.57. The molecular formula is C15H24ClN3. The summed E-state index contributed by atoms with van der Waals surface area (Å²) in [5.74, 6) is 2.47. The summed E-state index contributed by atoms with van der Waals surface area (Å²) in [6.07, 6.45) is 1.26. The minimum absolute atomic E-state index is 0.640. The Labute approximate surface area is 121 Å². The standard InChI is InChI=1S/C15H24ClN3/c1-11(2)8-17-9-14-13(16)4-5-15(18-14)19-7-6-12(3)10-19/h4-5,11-12,17H,6-10H2,1-3H3. The van der Waals surface area contributed by atoms with Gasteiger partial charge in [0.15, 0.2) is 0 Å². The van der Waals surface area contributed by atoms with Gasteiger partial charge < -0.3 is 10.2 Å². The zero-order valence-electron chi connectivity index (χ0n) is 12.1. The van der Waals surface area contributed by atoms with Crippen LogP contribution in [0.5, 0.6) is 0 Å². The number of aromatic nitrogens is 1. The summed E-state index contributed by atoms with van der Waals surface area (Å²) < 4.78 is 0. The van der Waals surface area contributed by atoms with Crippen molar-refractivity contribution in [3.63, 3.8) is 0 Å². The number of rotatable bonds is 5. The van der Waals surface area contributed by atoms with Crippen LogP contribution in [0.3, 0.4) is 0 Å². The molecule has 2 rings (SSSR count). The predicted molar refractivity (Wildman–Crippen MR) is 81.8 cm³/mol. The number of hydrogen-bond donors (Lipinski definition) is 1. The molecule has 2 heterocycles. The first-order valence-electron chi connectivity index (χ1n) is 7.17. The second-order valence-corrected chi connectivity index (χ2v) is 6.37. The molecular weight excluding hydrogens is 258 g/mol. The van der Waals surface area contributed by atoms with Crippen LogP contribution in [0.4, 0.5) is 5.82 Å². The summed E-state index contributed by atoms with van der Waals surface area (Å²) in [4.78, 5) is 7.07. The maximum Gasteiger partial charge on any atom is 0.128 e. The Hall–Kier alpha value is -0.800. The molecule has 0 amide bonds. The quantitative estimate of drug-likeness (QED) is 0.897. The SMILES string of the molecule is CC(C)CNCc1nc(N2CCC(C)C2)ccc1Cl. The molecule has 0 bridgehead atoms. The van der Waals surface area contributed by atoms with Crippen molar-refractivity contribution < 1.29 is 0 Å². The van der Waals surface area contributed by atoms with E-state index in [9.17, 15) is 0 Å². The number of anilines is 1. The van der Waals surface area contributed by atoms with Crippen molar-refractivity contribution in [1.29, 1.82) is 0 Å². The van der Waals surface area contributed by atoms with Gasteiger partial charge in [-0.15, -0.1) is 0 Å². The van der Waals surface area contributed by atoms with Crippen molar-refractivity contribution in [1.82, 2.24) is 10.3 Å². The molecule has 1 aromatic rings. The number of nitrogens with one attached hydrogen (secondary N) is 1. The average Bonchev–Trinajstić information content (AvgIpc) is 2.78. The number of pyridine rings is 1. The van der Waals surface area contributed by atoms with Crippen LogP contribution in [0.2, 0.25) is 5.02 Å². The highest BCUT2D eigenvalue weighted by Crippen LogP contribution is 2.24. The van der Waals surface area contributed by atoms with Gasteiger partial charge in [-0.3, -0.25) is 0 Å². The number of nitrogens with zero attached hydrogens (tertiary/aromatic N) is 2. The molecule has 19 heavy (non-hydrogen) atoms. The van der Waals surface area contributed by atoms with Crippen LogP contribution >= 0.6 is 11.6 Å². The molecule has 1 aromatic heterocycles. The van der Waals surface area contributed by atoms with Gasteiger partial charge in [-0.25, -0.2) is 4.98 Å². The molecule has 0 saturated carbocycles. The first-order valence-corrected chi connectivity index (χ1v) is 7.55. The Balaban J connectivity index is 2.02. The van der Waals surface area contributed by atoms with Gasteiger partial charge in [-0.1, -0.05) is 32.4 Å². The summed E-state index contributed by atoms with van der Waals surface area (Å²) >= 11 is 6.23. The lowest BCUT2D eigenvalue weighted by Crippen LogP contribution is -2.23. The molecule has 0 aromatic carbocycles. The van der Waals surface area contributed by atoms with E-state index in [1.807, 2.05) is 12.1 Å². The van der Waals surface area contributed by atoms with Crippen LogP contribution in [-0.2, 0) is 6.54 Å². The fraction of sp³-hybridized carbons (Fsp3) is 0.667. The van der Waals surface area contributed by atoms with Crippen LogP contribution in [0.25, 0.3) is 0 Å². The lowest BCUT2D eigenvalue weighted by atomic mass is 10.2.